The Morgan fingerprint density at radius 1 is 0.657 bits per heavy atom. The summed E-state index contributed by atoms with van der Waals surface area (Å²) in [7, 11) is 0. The minimum Gasteiger partial charge on any atom is -0.449 e. The highest BCUT2D eigenvalue weighted by molar-refractivity contribution is 5.72. The van der Waals surface area contributed by atoms with E-state index in [0.717, 1.165) is 28.6 Å². The standard InChI is InChI=1S/C33H24O2/c1-2-22-12-11-19-28-31(22)34-29-21-20-27-30(32(29)35-28)25-17-9-10-18-26(25)33(27,23-13-5-3-6-14-23)24-15-7-4-8-16-24/h2-21,25-26H,1H2. The number of fused-ring (bicyclic) bond motifs is 6. The molecular formula is C33H24O2. The molecule has 4 aromatic rings. The zero-order valence-electron chi connectivity index (χ0n) is 19.2. The lowest BCUT2D eigenvalue weighted by Gasteiger charge is -2.38. The summed E-state index contributed by atoms with van der Waals surface area (Å²) in [4.78, 5) is 0. The minimum atomic E-state index is -0.342. The van der Waals surface area contributed by atoms with E-state index < -0.39 is 0 Å². The molecule has 2 aliphatic carbocycles. The van der Waals surface area contributed by atoms with Gasteiger partial charge in [0.15, 0.2) is 23.0 Å². The number of benzene rings is 4. The van der Waals surface area contributed by atoms with Crippen LogP contribution < -0.4 is 9.47 Å². The van der Waals surface area contributed by atoms with Crippen LogP contribution in [0.4, 0.5) is 0 Å². The molecule has 0 saturated heterocycles. The van der Waals surface area contributed by atoms with Crippen LogP contribution in [0, 0.1) is 5.92 Å². The fraction of sp³-hybridized carbons (Fsp3) is 0.0909. The summed E-state index contributed by atoms with van der Waals surface area (Å²) in [6, 6.07) is 32.0. The van der Waals surface area contributed by atoms with Crippen molar-refractivity contribution in [2.24, 2.45) is 5.92 Å². The molecule has 0 fully saturated rings. The van der Waals surface area contributed by atoms with Crippen LogP contribution >= 0.6 is 0 Å². The molecule has 0 N–H and O–H groups in total. The lowest BCUT2D eigenvalue weighted by Crippen LogP contribution is -2.34. The number of rotatable bonds is 3. The largest absolute Gasteiger partial charge is 0.449 e. The van der Waals surface area contributed by atoms with E-state index in [4.69, 9.17) is 9.47 Å². The molecule has 168 valence electrons. The van der Waals surface area contributed by atoms with E-state index in [1.165, 1.54) is 22.3 Å². The van der Waals surface area contributed by atoms with Crippen LogP contribution in [-0.4, -0.2) is 0 Å². The number of hydrogen-bond donors (Lipinski definition) is 0. The fourth-order valence-electron chi connectivity index (χ4n) is 6.28. The van der Waals surface area contributed by atoms with E-state index in [1.54, 1.807) is 6.08 Å². The Kier molecular flexibility index (Phi) is 4.37. The maximum atomic E-state index is 6.65. The average molecular weight is 453 g/mol. The number of hydrogen-bond acceptors (Lipinski definition) is 2. The first-order valence-corrected chi connectivity index (χ1v) is 12.1. The Morgan fingerprint density at radius 2 is 1.31 bits per heavy atom. The van der Waals surface area contributed by atoms with Crippen molar-refractivity contribution in [2.75, 3.05) is 0 Å². The Morgan fingerprint density at radius 3 is 2.03 bits per heavy atom. The van der Waals surface area contributed by atoms with E-state index in [-0.39, 0.29) is 17.3 Å². The maximum absolute atomic E-state index is 6.65. The van der Waals surface area contributed by atoms with Crippen molar-refractivity contribution in [3.63, 3.8) is 0 Å². The Labute approximate surface area is 205 Å². The third-order valence-corrected chi connectivity index (χ3v) is 7.66. The van der Waals surface area contributed by atoms with Crippen molar-refractivity contribution >= 4 is 6.08 Å². The predicted molar refractivity (Wildman–Crippen MR) is 140 cm³/mol. The molecule has 4 aromatic carbocycles. The molecule has 3 aliphatic rings. The summed E-state index contributed by atoms with van der Waals surface area (Å²) in [5.41, 5.74) is 5.62. The molecule has 2 heteroatoms. The Balaban J connectivity index is 1.53. The van der Waals surface area contributed by atoms with Crippen LogP contribution in [0.2, 0.25) is 0 Å². The summed E-state index contributed by atoms with van der Waals surface area (Å²) in [6.45, 7) is 3.94. The van der Waals surface area contributed by atoms with Gasteiger partial charge >= 0.3 is 0 Å². The second-order valence-corrected chi connectivity index (χ2v) is 9.30. The van der Waals surface area contributed by atoms with Gasteiger partial charge in [-0.3, -0.25) is 0 Å². The van der Waals surface area contributed by atoms with E-state index in [1.807, 2.05) is 18.2 Å². The number of allylic oxidation sites excluding steroid dienone is 4. The van der Waals surface area contributed by atoms with Crippen molar-refractivity contribution in [1.29, 1.82) is 0 Å². The van der Waals surface area contributed by atoms with Gasteiger partial charge in [-0.25, -0.2) is 0 Å². The first kappa shape index (κ1) is 20.1. The van der Waals surface area contributed by atoms with Crippen LogP contribution in [0.25, 0.3) is 6.08 Å². The predicted octanol–water partition coefficient (Wildman–Crippen LogP) is 8.40. The molecule has 35 heavy (non-hydrogen) atoms. The first-order chi connectivity index (χ1) is 17.3. The topological polar surface area (TPSA) is 18.5 Å². The van der Waals surface area contributed by atoms with Gasteiger partial charge in [-0.1, -0.05) is 116 Å². The molecule has 1 heterocycles. The third kappa shape index (κ3) is 2.71. The van der Waals surface area contributed by atoms with Gasteiger partial charge in [-0.05, 0) is 28.8 Å². The van der Waals surface area contributed by atoms with E-state index in [2.05, 4.69) is 104 Å². The molecule has 7 rings (SSSR count). The lowest BCUT2D eigenvalue weighted by atomic mass is 9.63. The summed E-state index contributed by atoms with van der Waals surface area (Å²) in [5.74, 6) is 3.40. The molecule has 0 aromatic heterocycles. The van der Waals surface area contributed by atoms with Crippen LogP contribution in [0.1, 0.15) is 33.7 Å². The lowest BCUT2D eigenvalue weighted by molar-refractivity contribution is 0.354. The third-order valence-electron chi connectivity index (χ3n) is 7.66. The minimum absolute atomic E-state index is 0.165. The molecule has 1 aliphatic heterocycles. The Bertz CT molecular complexity index is 1470. The summed E-state index contributed by atoms with van der Waals surface area (Å²) in [5, 5.41) is 0. The molecule has 0 amide bonds. The normalized spacial score (nSPS) is 20.0. The molecule has 2 atom stereocenters. The van der Waals surface area contributed by atoms with Gasteiger partial charge in [0.05, 0.1) is 5.41 Å². The van der Waals surface area contributed by atoms with Gasteiger partial charge in [0, 0.05) is 23.0 Å². The highest BCUT2D eigenvalue weighted by Crippen LogP contribution is 2.64. The van der Waals surface area contributed by atoms with Crippen molar-refractivity contribution in [2.45, 2.75) is 11.3 Å². The quantitative estimate of drug-likeness (QED) is 0.274. The van der Waals surface area contributed by atoms with Gasteiger partial charge < -0.3 is 9.47 Å². The molecule has 0 spiro atoms. The second-order valence-electron chi connectivity index (χ2n) is 9.30. The van der Waals surface area contributed by atoms with E-state index in [9.17, 15) is 0 Å². The van der Waals surface area contributed by atoms with Crippen LogP contribution in [0.3, 0.4) is 0 Å². The smallest absolute Gasteiger partial charge is 0.177 e. The van der Waals surface area contributed by atoms with Crippen LogP contribution in [-0.2, 0) is 5.41 Å². The second kappa shape index (κ2) is 7.61. The molecule has 0 bridgehead atoms. The SMILES string of the molecule is C=Cc1cccc2c1Oc1ccc3c(c1O2)C1C=CC=CC1C3(c1ccccc1)c1ccccc1. The van der Waals surface area contributed by atoms with Gasteiger partial charge in [-0.15, -0.1) is 0 Å². The monoisotopic (exact) mass is 452 g/mol. The molecule has 2 unspecified atom stereocenters. The number of para-hydroxylation sites is 1. The molecular weight excluding hydrogens is 428 g/mol. The van der Waals surface area contributed by atoms with Crippen molar-refractivity contribution < 1.29 is 9.47 Å². The first-order valence-electron chi connectivity index (χ1n) is 12.1. The van der Waals surface area contributed by atoms with E-state index >= 15 is 0 Å². The van der Waals surface area contributed by atoms with Crippen molar-refractivity contribution in [3.05, 3.63) is 150 Å². The van der Waals surface area contributed by atoms with Crippen LogP contribution in [0.15, 0.2) is 122 Å². The summed E-state index contributed by atoms with van der Waals surface area (Å²) >= 11 is 0. The summed E-state index contributed by atoms with van der Waals surface area (Å²) < 4.78 is 13.1. The molecule has 2 nitrogen and oxygen atoms in total. The zero-order chi connectivity index (χ0) is 23.4. The van der Waals surface area contributed by atoms with Gasteiger partial charge in [-0.2, -0.15) is 0 Å². The Hall–Kier alpha value is -4.30. The van der Waals surface area contributed by atoms with Gasteiger partial charge in [0.1, 0.15) is 0 Å². The maximum Gasteiger partial charge on any atom is 0.177 e. The summed E-state index contributed by atoms with van der Waals surface area (Å²) in [6.07, 6.45) is 10.8. The van der Waals surface area contributed by atoms with Gasteiger partial charge in [0.25, 0.3) is 0 Å². The molecule has 0 saturated carbocycles. The highest BCUT2D eigenvalue weighted by Gasteiger charge is 2.54. The average Bonchev–Trinajstić information content (AvgIpc) is 3.24. The number of ether oxygens (including phenoxy) is 2. The van der Waals surface area contributed by atoms with E-state index in [0.29, 0.717) is 0 Å². The van der Waals surface area contributed by atoms with Crippen LogP contribution in [0.5, 0.6) is 23.0 Å². The zero-order valence-corrected chi connectivity index (χ0v) is 19.2. The van der Waals surface area contributed by atoms with Gasteiger partial charge in [0.2, 0.25) is 0 Å². The van der Waals surface area contributed by atoms with Crippen molar-refractivity contribution in [1.82, 2.24) is 0 Å². The highest BCUT2D eigenvalue weighted by atomic mass is 16.6. The fourth-order valence-corrected chi connectivity index (χ4v) is 6.28. The van der Waals surface area contributed by atoms with Crippen molar-refractivity contribution in [3.8, 4) is 23.0 Å². The molecule has 0 radical (unpaired) electrons.